The van der Waals surface area contributed by atoms with Crippen LogP contribution < -0.4 is 5.32 Å². The van der Waals surface area contributed by atoms with Gasteiger partial charge in [0.1, 0.15) is 0 Å². The summed E-state index contributed by atoms with van der Waals surface area (Å²) < 4.78 is 0. The van der Waals surface area contributed by atoms with Gasteiger partial charge in [0.15, 0.2) is 0 Å². The Bertz CT molecular complexity index is 727. The summed E-state index contributed by atoms with van der Waals surface area (Å²) in [6.45, 7) is 9.60. The quantitative estimate of drug-likeness (QED) is 0.613. The molecule has 0 bridgehead atoms. The van der Waals surface area contributed by atoms with Crippen LogP contribution in [-0.4, -0.2) is 5.91 Å². The highest BCUT2D eigenvalue weighted by atomic mass is 32.2. The van der Waals surface area contributed by atoms with Gasteiger partial charge < -0.3 is 5.32 Å². The fraction of sp³-hybridized carbons (Fsp3) is 0.150. The van der Waals surface area contributed by atoms with E-state index in [9.17, 15) is 4.79 Å². The molecule has 2 rings (SSSR count). The van der Waals surface area contributed by atoms with Crippen molar-refractivity contribution in [2.45, 2.75) is 25.7 Å². The summed E-state index contributed by atoms with van der Waals surface area (Å²) in [6, 6.07) is 16.1. The molecule has 3 heteroatoms. The average molecular weight is 323 g/mol. The number of hydrogen-bond donors (Lipinski definition) is 1. The van der Waals surface area contributed by atoms with E-state index in [1.165, 1.54) is 16.0 Å². The molecule has 0 saturated carbocycles. The Kier molecular flexibility index (Phi) is 5.83. The normalized spacial score (nSPS) is 11.2. The van der Waals surface area contributed by atoms with Gasteiger partial charge in [-0.2, -0.15) is 0 Å². The Hall–Kier alpha value is -2.26. The first-order valence-electron chi connectivity index (χ1n) is 7.44. The minimum absolute atomic E-state index is 0.165. The number of hydrogen-bond acceptors (Lipinski definition) is 2. The van der Waals surface area contributed by atoms with Gasteiger partial charge in [0.05, 0.1) is 5.70 Å². The molecule has 0 atom stereocenters. The molecule has 0 heterocycles. The van der Waals surface area contributed by atoms with Gasteiger partial charge in [-0.05, 0) is 37.5 Å². The Morgan fingerprint density at radius 3 is 2.22 bits per heavy atom. The van der Waals surface area contributed by atoms with Gasteiger partial charge in [-0.3, -0.25) is 4.79 Å². The molecule has 0 fully saturated rings. The first-order valence-corrected chi connectivity index (χ1v) is 8.32. The number of thioether (sulfide) groups is 1. The van der Waals surface area contributed by atoms with Crippen molar-refractivity contribution in [3.63, 3.8) is 0 Å². The van der Waals surface area contributed by atoms with Crippen LogP contribution in [0.2, 0.25) is 0 Å². The third kappa shape index (κ3) is 4.60. The molecule has 0 radical (unpaired) electrons. The van der Waals surface area contributed by atoms with Gasteiger partial charge >= 0.3 is 0 Å². The van der Waals surface area contributed by atoms with Crippen LogP contribution in [0.25, 0.3) is 5.70 Å². The van der Waals surface area contributed by atoms with Crippen molar-refractivity contribution in [3.8, 4) is 0 Å². The van der Waals surface area contributed by atoms with Crippen LogP contribution >= 0.6 is 11.8 Å². The van der Waals surface area contributed by atoms with Crippen molar-refractivity contribution in [1.82, 2.24) is 5.32 Å². The lowest BCUT2D eigenvalue weighted by Crippen LogP contribution is -2.22. The molecule has 0 aliphatic carbocycles. The third-order valence-electron chi connectivity index (χ3n) is 3.42. The molecule has 23 heavy (non-hydrogen) atoms. The zero-order chi connectivity index (χ0) is 16.8. The van der Waals surface area contributed by atoms with E-state index in [0.29, 0.717) is 5.57 Å². The van der Waals surface area contributed by atoms with Crippen LogP contribution in [0.3, 0.4) is 0 Å². The molecular weight excluding hydrogens is 302 g/mol. The number of benzene rings is 2. The highest BCUT2D eigenvalue weighted by Gasteiger charge is 2.09. The first-order chi connectivity index (χ1) is 11.0. The summed E-state index contributed by atoms with van der Waals surface area (Å²) in [5.74, 6) is -0.165. The summed E-state index contributed by atoms with van der Waals surface area (Å²) in [5.41, 5.74) is 4.70. The van der Waals surface area contributed by atoms with Crippen LogP contribution in [0.15, 0.2) is 71.0 Å². The fourth-order valence-electron chi connectivity index (χ4n) is 2.12. The summed E-state index contributed by atoms with van der Waals surface area (Å²) >= 11 is 1.62. The smallest absolute Gasteiger partial charge is 0.250 e. The largest absolute Gasteiger partial charge is 0.321 e. The molecule has 2 aromatic carbocycles. The second-order valence-corrected chi connectivity index (χ2v) is 6.35. The minimum atomic E-state index is -0.165. The monoisotopic (exact) mass is 323 g/mol. The molecular formula is C20H21NOS. The van der Waals surface area contributed by atoms with Crippen molar-refractivity contribution >= 4 is 23.4 Å². The van der Waals surface area contributed by atoms with Gasteiger partial charge in [0.2, 0.25) is 0 Å². The van der Waals surface area contributed by atoms with E-state index in [1.54, 1.807) is 18.7 Å². The molecule has 1 N–H and O–H groups in total. The van der Waals surface area contributed by atoms with Crippen molar-refractivity contribution in [3.05, 3.63) is 82.8 Å². The van der Waals surface area contributed by atoms with E-state index < -0.39 is 0 Å². The highest BCUT2D eigenvalue weighted by molar-refractivity contribution is 8.02. The Balaban J connectivity index is 2.33. The maximum atomic E-state index is 12.0. The zero-order valence-corrected chi connectivity index (χ0v) is 14.5. The van der Waals surface area contributed by atoms with E-state index >= 15 is 0 Å². The Labute approximate surface area is 142 Å². The lowest BCUT2D eigenvalue weighted by atomic mass is 10.1. The molecule has 2 nitrogen and oxygen atoms in total. The maximum absolute atomic E-state index is 12.0. The van der Waals surface area contributed by atoms with E-state index in [4.69, 9.17) is 0 Å². The summed E-state index contributed by atoms with van der Waals surface area (Å²) in [4.78, 5) is 13.2. The van der Waals surface area contributed by atoms with Gasteiger partial charge in [-0.25, -0.2) is 0 Å². The van der Waals surface area contributed by atoms with Crippen LogP contribution in [-0.2, 0) is 4.79 Å². The molecule has 0 saturated heterocycles. The predicted octanol–water partition coefficient (Wildman–Crippen LogP) is 5.09. The van der Waals surface area contributed by atoms with Crippen molar-refractivity contribution in [2.24, 2.45) is 0 Å². The Morgan fingerprint density at radius 2 is 1.65 bits per heavy atom. The van der Waals surface area contributed by atoms with Crippen molar-refractivity contribution < 1.29 is 4.79 Å². The highest BCUT2D eigenvalue weighted by Crippen LogP contribution is 2.29. The lowest BCUT2D eigenvalue weighted by Gasteiger charge is -2.12. The van der Waals surface area contributed by atoms with Crippen LogP contribution in [0.5, 0.6) is 0 Å². The maximum Gasteiger partial charge on any atom is 0.250 e. The molecule has 0 aliphatic heterocycles. The van der Waals surface area contributed by atoms with Gasteiger partial charge in [-0.15, -0.1) is 0 Å². The third-order valence-corrected chi connectivity index (χ3v) is 4.66. The van der Waals surface area contributed by atoms with Crippen molar-refractivity contribution in [1.29, 1.82) is 0 Å². The van der Waals surface area contributed by atoms with Gasteiger partial charge in [0, 0.05) is 15.9 Å². The molecule has 118 valence electrons. The number of rotatable bonds is 5. The van der Waals surface area contributed by atoms with Crippen molar-refractivity contribution in [2.75, 3.05) is 0 Å². The fourth-order valence-corrected chi connectivity index (χ4v) is 3.06. The van der Waals surface area contributed by atoms with Crippen LogP contribution in [0.4, 0.5) is 0 Å². The predicted molar refractivity (Wildman–Crippen MR) is 99.1 cm³/mol. The number of carbonyl (C=O) groups excluding carboxylic acids is 1. The Morgan fingerprint density at radius 1 is 1.04 bits per heavy atom. The number of amides is 1. The van der Waals surface area contributed by atoms with E-state index in [-0.39, 0.29) is 5.91 Å². The number of aryl methyl sites for hydroxylation is 2. The summed E-state index contributed by atoms with van der Waals surface area (Å²) in [5, 5.41) is 4.94. The molecule has 0 aliphatic rings. The second kappa shape index (κ2) is 7.84. The average Bonchev–Trinajstić information content (AvgIpc) is 2.53. The standard InChI is InChI=1S/C20H21NOS/c1-14(2)20(22)21-18(17-11-6-5-7-12-17)13-23-19-15(3)9-8-10-16(19)4/h5-13H,1H2,2-4H3,(H,21,22)/b18-13-. The van der Waals surface area contributed by atoms with Crippen LogP contribution in [0, 0.1) is 13.8 Å². The topological polar surface area (TPSA) is 29.1 Å². The second-order valence-electron chi connectivity index (χ2n) is 5.47. The first kappa shape index (κ1) is 17.1. The summed E-state index contributed by atoms with van der Waals surface area (Å²) in [6.07, 6.45) is 0. The summed E-state index contributed by atoms with van der Waals surface area (Å²) in [7, 11) is 0. The van der Waals surface area contributed by atoms with Crippen LogP contribution in [0.1, 0.15) is 23.6 Å². The van der Waals surface area contributed by atoms with E-state index in [1.807, 2.05) is 35.7 Å². The molecule has 0 spiro atoms. The lowest BCUT2D eigenvalue weighted by molar-refractivity contribution is -0.116. The zero-order valence-electron chi connectivity index (χ0n) is 13.7. The number of nitrogens with one attached hydrogen (secondary N) is 1. The number of carbonyl (C=O) groups is 1. The van der Waals surface area contributed by atoms with Gasteiger partial charge in [0.25, 0.3) is 5.91 Å². The van der Waals surface area contributed by atoms with E-state index in [2.05, 4.69) is 43.9 Å². The molecule has 1 amide bonds. The van der Waals surface area contributed by atoms with Gasteiger partial charge in [-0.1, -0.05) is 66.9 Å². The molecule has 0 unspecified atom stereocenters. The molecule has 2 aromatic rings. The van der Waals surface area contributed by atoms with E-state index in [0.717, 1.165) is 11.3 Å². The molecule has 0 aromatic heterocycles. The SMILES string of the molecule is C=C(C)C(=O)N/C(=C\Sc1c(C)cccc1C)c1ccccc1. The minimum Gasteiger partial charge on any atom is -0.321 e.